The van der Waals surface area contributed by atoms with Crippen LogP contribution in [0, 0.1) is 0 Å². The summed E-state index contributed by atoms with van der Waals surface area (Å²) in [5, 5.41) is 3.36. The lowest BCUT2D eigenvalue weighted by Gasteiger charge is -2.32. The molecular weight excluding hydrogens is 160 g/mol. The second-order valence-corrected chi connectivity index (χ2v) is 4.14. The minimum absolute atomic E-state index is 0.707. The second kappa shape index (κ2) is 5.40. The minimum atomic E-state index is 0.707. The molecule has 1 heterocycles. The Morgan fingerprint density at radius 1 is 1.62 bits per heavy atom. The fraction of sp³-hybridized carbons (Fsp3) is 0.818. The summed E-state index contributed by atoms with van der Waals surface area (Å²) in [7, 11) is 2.06. The van der Waals surface area contributed by atoms with Gasteiger partial charge in [-0.05, 0) is 39.8 Å². The maximum Gasteiger partial charge on any atom is 0.0192 e. The van der Waals surface area contributed by atoms with Crippen molar-refractivity contribution in [3.05, 3.63) is 12.2 Å². The first-order chi connectivity index (χ1) is 6.22. The Hall–Kier alpha value is -0.340. The van der Waals surface area contributed by atoms with Crippen LogP contribution in [0.2, 0.25) is 0 Å². The maximum absolute atomic E-state index is 3.94. The van der Waals surface area contributed by atoms with Gasteiger partial charge in [0.05, 0.1) is 0 Å². The van der Waals surface area contributed by atoms with Crippen molar-refractivity contribution in [3.8, 4) is 0 Å². The average Bonchev–Trinajstić information content (AvgIpc) is 2.15. The number of hydrogen-bond donors (Lipinski definition) is 1. The zero-order valence-corrected chi connectivity index (χ0v) is 8.97. The predicted octanol–water partition coefficient (Wildman–Crippen LogP) is 1.64. The molecule has 0 aromatic heterocycles. The third-order valence-electron chi connectivity index (χ3n) is 2.77. The van der Waals surface area contributed by atoms with Crippen LogP contribution in [0.1, 0.15) is 26.2 Å². The Labute approximate surface area is 82.0 Å². The highest BCUT2D eigenvalue weighted by Gasteiger charge is 2.17. The van der Waals surface area contributed by atoms with Gasteiger partial charge in [0.15, 0.2) is 0 Å². The zero-order valence-electron chi connectivity index (χ0n) is 8.97. The van der Waals surface area contributed by atoms with Gasteiger partial charge in [0.1, 0.15) is 0 Å². The highest BCUT2D eigenvalue weighted by molar-refractivity contribution is 4.89. The normalized spacial score (nSPS) is 24.6. The first kappa shape index (κ1) is 10.7. The van der Waals surface area contributed by atoms with E-state index in [0.29, 0.717) is 6.04 Å². The van der Waals surface area contributed by atoms with Crippen LogP contribution in [-0.4, -0.2) is 37.6 Å². The molecule has 13 heavy (non-hydrogen) atoms. The molecule has 0 bridgehead atoms. The van der Waals surface area contributed by atoms with Gasteiger partial charge in [0.2, 0.25) is 0 Å². The Kier molecular flexibility index (Phi) is 4.46. The lowest BCUT2D eigenvalue weighted by atomic mass is 10.1. The number of piperidine rings is 1. The van der Waals surface area contributed by atoms with Gasteiger partial charge in [-0.15, -0.1) is 6.58 Å². The number of nitrogens with zero attached hydrogens (tertiary/aromatic N) is 1. The predicted molar refractivity (Wildman–Crippen MR) is 58.0 cm³/mol. The van der Waals surface area contributed by atoms with Crippen LogP contribution in [0.3, 0.4) is 0 Å². The molecule has 2 heteroatoms. The molecule has 1 aliphatic heterocycles. The first-order valence-corrected chi connectivity index (χ1v) is 5.26. The van der Waals surface area contributed by atoms with Crippen LogP contribution >= 0.6 is 0 Å². The highest BCUT2D eigenvalue weighted by atomic mass is 15.2. The minimum Gasteiger partial charge on any atom is -0.316 e. The van der Waals surface area contributed by atoms with Crippen molar-refractivity contribution in [1.82, 2.24) is 10.2 Å². The largest absolute Gasteiger partial charge is 0.316 e. The van der Waals surface area contributed by atoms with Gasteiger partial charge < -0.3 is 10.2 Å². The monoisotopic (exact) mass is 182 g/mol. The van der Waals surface area contributed by atoms with Crippen molar-refractivity contribution >= 4 is 0 Å². The molecule has 1 atom stereocenters. The van der Waals surface area contributed by atoms with Crippen LogP contribution in [0.4, 0.5) is 0 Å². The Morgan fingerprint density at radius 2 is 2.38 bits per heavy atom. The molecular formula is C11H22N2. The van der Waals surface area contributed by atoms with E-state index in [9.17, 15) is 0 Å². The van der Waals surface area contributed by atoms with E-state index in [1.807, 2.05) is 0 Å². The van der Waals surface area contributed by atoms with Gasteiger partial charge in [-0.1, -0.05) is 5.57 Å². The maximum atomic E-state index is 3.94. The molecule has 0 aromatic rings. The van der Waals surface area contributed by atoms with E-state index in [-0.39, 0.29) is 0 Å². The molecule has 0 spiro atoms. The summed E-state index contributed by atoms with van der Waals surface area (Å²) >= 11 is 0. The van der Waals surface area contributed by atoms with Gasteiger partial charge in [0, 0.05) is 19.1 Å². The summed E-state index contributed by atoms with van der Waals surface area (Å²) in [6.07, 6.45) is 3.82. The summed E-state index contributed by atoms with van der Waals surface area (Å²) < 4.78 is 0. The quantitative estimate of drug-likeness (QED) is 0.665. The smallest absolute Gasteiger partial charge is 0.0192 e. The number of rotatable bonds is 4. The van der Waals surface area contributed by atoms with E-state index in [2.05, 4.69) is 30.8 Å². The number of hydrogen-bond acceptors (Lipinski definition) is 2. The fourth-order valence-electron chi connectivity index (χ4n) is 1.84. The molecule has 0 amide bonds. The molecule has 0 aliphatic carbocycles. The first-order valence-electron chi connectivity index (χ1n) is 5.26. The standard InChI is InChI=1S/C11H22N2/c1-10(2)6-8-13-7-4-5-11(9-13)12-3/h11-12H,1,4-9H2,2-3H3. The molecule has 1 unspecified atom stereocenters. The number of likely N-dealkylation sites (tertiary alicyclic amines) is 1. The van der Waals surface area contributed by atoms with Gasteiger partial charge in [-0.3, -0.25) is 0 Å². The molecule has 1 saturated heterocycles. The molecule has 1 N–H and O–H groups in total. The summed E-state index contributed by atoms with van der Waals surface area (Å²) in [5.74, 6) is 0. The molecule has 1 rings (SSSR count). The van der Waals surface area contributed by atoms with E-state index in [1.54, 1.807) is 0 Å². The van der Waals surface area contributed by atoms with E-state index < -0.39 is 0 Å². The topological polar surface area (TPSA) is 15.3 Å². The van der Waals surface area contributed by atoms with Crippen molar-refractivity contribution in [2.24, 2.45) is 0 Å². The molecule has 0 radical (unpaired) electrons. The van der Waals surface area contributed by atoms with Gasteiger partial charge in [-0.25, -0.2) is 0 Å². The van der Waals surface area contributed by atoms with E-state index >= 15 is 0 Å². The van der Waals surface area contributed by atoms with E-state index in [1.165, 1.54) is 38.0 Å². The molecule has 1 fully saturated rings. The Balaban J connectivity index is 2.21. The van der Waals surface area contributed by atoms with Crippen molar-refractivity contribution in [1.29, 1.82) is 0 Å². The lowest BCUT2D eigenvalue weighted by molar-refractivity contribution is 0.197. The summed E-state index contributed by atoms with van der Waals surface area (Å²) in [6, 6.07) is 0.707. The Bertz CT molecular complexity index is 165. The fourth-order valence-corrected chi connectivity index (χ4v) is 1.84. The van der Waals surface area contributed by atoms with Crippen LogP contribution in [0.15, 0.2) is 12.2 Å². The van der Waals surface area contributed by atoms with Crippen molar-refractivity contribution in [2.45, 2.75) is 32.2 Å². The summed E-state index contributed by atoms with van der Waals surface area (Å²) in [4.78, 5) is 2.54. The molecule has 2 nitrogen and oxygen atoms in total. The van der Waals surface area contributed by atoms with E-state index in [0.717, 1.165) is 6.42 Å². The molecule has 1 aliphatic rings. The van der Waals surface area contributed by atoms with Crippen LogP contribution in [0.25, 0.3) is 0 Å². The number of likely N-dealkylation sites (N-methyl/N-ethyl adjacent to an activating group) is 1. The molecule has 0 saturated carbocycles. The highest BCUT2D eigenvalue weighted by Crippen LogP contribution is 2.10. The van der Waals surface area contributed by atoms with Gasteiger partial charge in [-0.2, -0.15) is 0 Å². The zero-order chi connectivity index (χ0) is 9.68. The van der Waals surface area contributed by atoms with Crippen molar-refractivity contribution < 1.29 is 0 Å². The molecule has 0 aromatic carbocycles. The average molecular weight is 182 g/mol. The van der Waals surface area contributed by atoms with Gasteiger partial charge >= 0.3 is 0 Å². The third kappa shape index (κ3) is 3.92. The third-order valence-corrected chi connectivity index (χ3v) is 2.77. The van der Waals surface area contributed by atoms with Gasteiger partial charge in [0.25, 0.3) is 0 Å². The van der Waals surface area contributed by atoms with Crippen molar-refractivity contribution in [3.63, 3.8) is 0 Å². The van der Waals surface area contributed by atoms with Crippen LogP contribution in [0.5, 0.6) is 0 Å². The molecule has 76 valence electrons. The van der Waals surface area contributed by atoms with Crippen LogP contribution < -0.4 is 5.32 Å². The lowest BCUT2D eigenvalue weighted by Crippen LogP contribution is -2.44. The van der Waals surface area contributed by atoms with Crippen molar-refractivity contribution in [2.75, 3.05) is 26.7 Å². The number of nitrogens with one attached hydrogen (secondary N) is 1. The SMILES string of the molecule is C=C(C)CCN1CCCC(NC)C1. The van der Waals surface area contributed by atoms with E-state index in [4.69, 9.17) is 0 Å². The van der Waals surface area contributed by atoms with Crippen LogP contribution in [-0.2, 0) is 0 Å². The Morgan fingerprint density at radius 3 is 3.00 bits per heavy atom. The summed E-state index contributed by atoms with van der Waals surface area (Å²) in [5.41, 5.74) is 1.30. The summed E-state index contributed by atoms with van der Waals surface area (Å²) in [6.45, 7) is 9.72. The second-order valence-electron chi connectivity index (χ2n) is 4.14.